The Kier molecular flexibility index (Phi) is 6.18. The second-order valence-corrected chi connectivity index (χ2v) is 7.08. The smallest absolute Gasteiger partial charge is 0.251 e. The molecule has 0 aliphatic carbocycles. The number of likely N-dealkylation sites (tertiary alicyclic amines) is 1. The van der Waals surface area contributed by atoms with Crippen LogP contribution in [0.4, 0.5) is 5.82 Å². The number of rotatable bonds is 7. The van der Waals surface area contributed by atoms with Crippen LogP contribution in [0.15, 0.2) is 18.3 Å². The van der Waals surface area contributed by atoms with E-state index < -0.39 is 5.60 Å². The molecule has 0 aromatic carbocycles. The highest BCUT2D eigenvalue weighted by Gasteiger charge is 2.36. The molecule has 0 saturated carbocycles. The first-order valence-electron chi connectivity index (χ1n) is 8.65. The number of pyridine rings is 1. The van der Waals surface area contributed by atoms with Gasteiger partial charge in [-0.05, 0) is 32.3 Å². The molecule has 1 aromatic heterocycles. The summed E-state index contributed by atoms with van der Waals surface area (Å²) >= 11 is 0. The van der Waals surface area contributed by atoms with Crippen molar-refractivity contribution >= 4 is 11.7 Å². The van der Waals surface area contributed by atoms with Crippen LogP contribution in [0.25, 0.3) is 0 Å². The number of nitrogen functional groups attached to an aromatic ring is 1. The Balaban J connectivity index is 2.03. The van der Waals surface area contributed by atoms with E-state index in [2.05, 4.69) is 22.1 Å². The molecule has 0 spiro atoms. The molecule has 2 heterocycles. The van der Waals surface area contributed by atoms with Gasteiger partial charge in [0.1, 0.15) is 11.4 Å². The summed E-state index contributed by atoms with van der Waals surface area (Å²) in [6.07, 6.45) is 3.91. The van der Waals surface area contributed by atoms with Crippen LogP contribution in [-0.2, 0) is 16.1 Å². The minimum absolute atomic E-state index is 0.0566. The van der Waals surface area contributed by atoms with E-state index in [9.17, 15) is 4.79 Å². The minimum atomic E-state index is -0.808. The lowest BCUT2D eigenvalue weighted by atomic mass is 9.97. The summed E-state index contributed by atoms with van der Waals surface area (Å²) in [5, 5.41) is 3.18. The number of hydrogen-bond donors (Lipinski definition) is 2. The molecule has 3 N–H and O–H groups in total. The quantitative estimate of drug-likeness (QED) is 0.795. The highest BCUT2D eigenvalue weighted by molar-refractivity contribution is 5.84. The molecular formula is C18H30N4O2. The van der Waals surface area contributed by atoms with Gasteiger partial charge in [-0.1, -0.05) is 19.4 Å². The first-order chi connectivity index (χ1) is 11.4. The summed E-state index contributed by atoms with van der Waals surface area (Å²) in [5.74, 6) is 0.973. The van der Waals surface area contributed by atoms with Crippen molar-refractivity contribution in [3.8, 4) is 0 Å². The van der Waals surface area contributed by atoms with Crippen molar-refractivity contribution in [1.29, 1.82) is 0 Å². The van der Waals surface area contributed by atoms with Crippen LogP contribution < -0.4 is 11.1 Å². The van der Waals surface area contributed by atoms with Gasteiger partial charge in [0.15, 0.2) is 0 Å². The molecule has 6 heteroatoms. The standard InChI is InChI=1S/C18H30N4O2/c1-5-7-13-10-22(11-14-8-6-9-20-16(14)19)12-15(13)21-17(23)18(2,3)24-4/h6,8-9,13,15H,5,7,10-12H2,1-4H3,(H2,19,20)(H,21,23)/t13-,15-/m0/s1. The Bertz CT molecular complexity index is 562. The summed E-state index contributed by atoms with van der Waals surface area (Å²) < 4.78 is 5.29. The fourth-order valence-corrected chi connectivity index (χ4v) is 3.18. The van der Waals surface area contributed by atoms with Crippen molar-refractivity contribution in [3.05, 3.63) is 23.9 Å². The number of nitrogens with one attached hydrogen (secondary N) is 1. The van der Waals surface area contributed by atoms with Gasteiger partial charge >= 0.3 is 0 Å². The number of anilines is 1. The largest absolute Gasteiger partial charge is 0.383 e. The number of nitrogens with two attached hydrogens (primary N) is 1. The number of nitrogens with zero attached hydrogens (tertiary/aromatic N) is 2. The lowest BCUT2D eigenvalue weighted by Gasteiger charge is -2.26. The fourth-order valence-electron chi connectivity index (χ4n) is 3.18. The first kappa shape index (κ1) is 18.7. The lowest BCUT2D eigenvalue weighted by Crippen LogP contribution is -2.50. The van der Waals surface area contributed by atoms with Crippen molar-refractivity contribution in [2.75, 3.05) is 25.9 Å². The van der Waals surface area contributed by atoms with Crippen LogP contribution in [0.5, 0.6) is 0 Å². The van der Waals surface area contributed by atoms with Crippen LogP contribution in [0.2, 0.25) is 0 Å². The fraction of sp³-hybridized carbons (Fsp3) is 0.667. The van der Waals surface area contributed by atoms with Gasteiger partial charge in [0.25, 0.3) is 5.91 Å². The van der Waals surface area contributed by atoms with Crippen molar-refractivity contribution in [2.45, 2.75) is 51.8 Å². The third-order valence-corrected chi connectivity index (χ3v) is 4.87. The number of amides is 1. The maximum atomic E-state index is 12.4. The zero-order valence-corrected chi connectivity index (χ0v) is 15.2. The van der Waals surface area contributed by atoms with Crippen LogP contribution in [0.3, 0.4) is 0 Å². The Morgan fingerprint density at radius 1 is 1.50 bits per heavy atom. The summed E-state index contributed by atoms with van der Waals surface area (Å²) in [4.78, 5) is 18.9. The van der Waals surface area contributed by atoms with Crippen LogP contribution in [0.1, 0.15) is 39.2 Å². The molecule has 1 aliphatic rings. The number of ether oxygens (including phenoxy) is 1. The van der Waals surface area contributed by atoms with Gasteiger partial charge in [0, 0.05) is 44.5 Å². The Morgan fingerprint density at radius 3 is 2.88 bits per heavy atom. The average Bonchev–Trinajstić information content (AvgIpc) is 2.91. The number of carbonyl (C=O) groups excluding carboxylic acids is 1. The summed E-state index contributed by atoms with van der Waals surface area (Å²) in [6.45, 7) is 8.31. The molecule has 24 heavy (non-hydrogen) atoms. The zero-order valence-electron chi connectivity index (χ0n) is 15.2. The molecule has 1 amide bonds. The monoisotopic (exact) mass is 334 g/mol. The molecular weight excluding hydrogens is 304 g/mol. The maximum absolute atomic E-state index is 12.4. The summed E-state index contributed by atoms with van der Waals surface area (Å²) in [5.41, 5.74) is 6.19. The van der Waals surface area contributed by atoms with Gasteiger partial charge in [-0.25, -0.2) is 4.98 Å². The molecule has 1 fully saturated rings. The van der Waals surface area contributed by atoms with E-state index in [4.69, 9.17) is 10.5 Å². The Hall–Kier alpha value is -1.66. The number of aromatic nitrogens is 1. The van der Waals surface area contributed by atoms with Crippen LogP contribution >= 0.6 is 0 Å². The molecule has 1 aliphatic heterocycles. The van der Waals surface area contributed by atoms with Gasteiger partial charge in [0.2, 0.25) is 0 Å². The number of methoxy groups -OCH3 is 1. The molecule has 1 aromatic rings. The van der Waals surface area contributed by atoms with Crippen molar-refractivity contribution in [3.63, 3.8) is 0 Å². The van der Waals surface area contributed by atoms with E-state index in [0.29, 0.717) is 11.7 Å². The molecule has 0 bridgehead atoms. The number of hydrogen-bond acceptors (Lipinski definition) is 5. The summed E-state index contributed by atoms with van der Waals surface area (Å²) in [6, 6.07) is 4.06. The van der Waals surface area contributed by atoms with Crippen molar-refractivity contribution in [2.24, 2.45) is 5.92 Å². The van der Waals surface area contributed by atoms with Gasteiger partial charge < -0.3 is 15.8 Å². The normalized spacial score (nSPS) is 21.8. The highest BCUT2D eigenvalue weighted by Crippen LogP contribution is 2.25. The van der Waals surface area contributed by atoms with Crippen molar-refractivity contribution in [1.82, 2.24) is 15.2 Å². The second-order valence-electron chi connectivity index (χ2n) is 7.08. The third kappa shape index (κ3) is 4.45. The average molecular weight is 334 g/mol. The van der Waals surface area contributed by atoms with Crippen LogP contribution in [-0.4, -0.2) is 47.6 Å². The van der Waals surface area contributed by atoms with Gasteiger partial charge in [-0.3, -0.25) is 9.69 Å². The summed E-state index contributed by atoms with van der Waals surface area (Å²) in [7, 11) is 1.56. The minimum Gasteiger partial charge on any atom is -0.383 e. The van der Waals surface area contributed by atoms with Gasteiger partial charge in [-0.2, -0.15) is 0 Å². The molecule has 134 valence electrons. The second kappa shape index (κ2) is 7.94. The predicted octanol–water partition coefficient (Wildman–Crippen LogP) is 1.81. The van der Waals surface area contributed by atoms with Crippen LogP contribution in [0, 0.1) is 5.92 Å². The molecule has 1 saturated heterocycles. The van der Waals surface area contributed by atoms with Gasteiger partial charge in [0.05, 0.1) is 0 Å². The molecule has 2 atom stereocenters. The Morgan fingerprint density at radius 2 is 2.25 bits per heavy atom. The third-order valence-electron chi connectivity index (χ3n) is 4.87. The maximum Gasteiger partial charge on any atom is 0.251 e. The molecule has 0 unspecified atom stereocenters. The zero-order chi connectivity index (χ0) is 17.7. The topological polar surface area (TPSA) is 80.5 Å². The van der Waals surface area contributed by atoms with E-state index in [1.54, 1.807) is 27.2 Å². The Labute approximate surface area is 144 Å². The highest BCUT2D eigenvalue weighted by atomic mass is 16.5. The van der Waals surface area contributed by atoms with E-state index in [1.165, 1.54) is 0 Å². The van der Waals surface area contributed by atoms with E-state index in [1.807, 2.05) is 12.1 Å². The van der Waals surface area contributed by atoms with Gasteiger partial charge in [-0.15, -0.1) is 0 Å². The van der Waals surface area contributed by atoms with E-state index in [-0.39, 0.29) is 11.9 Å². The SMILES string of the molecule is CCC[C@H]1CN(Cc2cccnc2N)C[C@@H]1NC(=O)C(C)(C)OC. The molecule has 2 rings (SSSR count). The van der Waals surface area contributed by atoms with Crippen molar-refractivity contribution < 1.29 is 9.53 Å². The van der Waals surface area contributed by atoms with E-state index >= 15 is 0 Å². The molecule has 6 nitrogen and oxygen atoms in total. The first-order valence-corrected chi connectivity index (χ1v) is 8.65. The van der Waals surface area contributed by atoms with E-state index in [0.717, 1.165) is 38.0 Å². The molecule has 0 radical (unpaired) electrons. The predicted molar refractivity (Wildman–Crippen MR) is 95.3 cm³/mol. The number of carbonyl (C=O) groups is 1. The lowest BCUT2D eigenvalue weighted by molar-refractivity contribution is -0.140.